The van der Waals surface area contributed by atoms with Crippen LogP contribution in [0.25, 0.3) is 55.4 Å². The number of anilines is 1. The highest BCUT2D eigenvalue weighted by molar-refractivity contribution is 6.35. The molecule has 8 aromatic rings. The van der Waals surface area contributed by atoms with Crippen molar-refractivity contribution in [1.29, 1.82) is 0 Å². The second-order valence-corrected chi connectivity index (χ2v) is 20.5. The molecule has 19 nitrogen and oxygen atoms in total. The third kappa shape index (κ3) is 10.5. The summed E-state index contributed by atoms with van der Waals surface area (Å²) in [6.45, 7) is 4.73. The smallest absolute Gasteiger partial charge is 0.417 e. The minimum absolute atomic E-state index is 0.0211. The van der Waals surface area contributed by atoms with Crippen LogP contribution in [0.1, 0.15) is 61.9 Å². The van der Waals surface area contributed by atoms with E-state index >= 15 is 17.6 Å². The molecule has 0 aliphatic carbocycles. The number of carbonyl (C=O) groups is 2. The maximum absolute atomic E-state index is 15.8. The van der Waals surface area contributed by atoms with Crippen molar-refractivity contribution >= 4 is 51.0 Å². The Balaban J connectivity index is 0.872. The fraction of sp³-hybridized carbons (Fsp3) is 0.364. The Morgan fingerprint density at radius 3 is 2.44 bits per heavy atom. The summed E-state index contributed by atoms with van der Waals surface area (Å²) in [5.41, 5.74) is 1.82. The summed E-state index contributed by atoms with van der Waals surface area (Å²) in [6.07, 6.45) is 1.28. The number of aliphatic hydroxyl groups is 1. The van der Waals surface area contributed by atoms with E-state index in [0.29, 0.717) is 60.6 Å². The van der Waals surface area contributed by atoms with E-state index in [1.54, 1.807) is 47.6 Å². The number of ether oxygens (including phenoxy) is 3. The molecule has 4 aromatic carbocycles. The molecular formula is C55H54ClF4N13O6. The molecule has 24 heteroatoms. The maximum Gasteiger partial charge on any atom is 0.417 e. The maximum atomic E-state index is 15.8. The van der Waals surface area contributed by atoms with Crippen LogP contribution in [-0.2, 0) is 27.1 Å². The van der Waals surface area contributed by atoms with Gasteiger partial charge in [-0.1, -0.05) is 79.2 Å². The summed E-state index contributed by atoms with van der Waals surface area (Å²) in [4.78, 5) is 41.3. The van der Waals surface area contributed by atoms with Gasteiger partial charge in [0.1, 0.15) is 48.1 Å². The van der Waals surface area contributed by atoms with Crippen LogP contribution < -0.4 is 25.0 Å². The van der Waals surface area contributed by atoms with Gasteiger partial charge in [-0.15, -0.1) is 5.10 Å². The first-order chi connectivity index (χ1) is 38.2. The molecular weight excluding hydrogens is 1050 g/mol. The van der Waals surface area contributed by atoms with Crippen molar-refractivity contribution in [2.75, 3.05) is 51.5 Å². The van der Waals surface area contributed by atoms with Crippen LogP contribution in [0.15, 0.2) is 91.4 Å². The van der Waals surface area contributed by atoms with Crippen LogP contribution in [0.4, 0.5) is 23.4 Å². The molecule has 7 heterocycles. The molecule has 0 saturated carbocycles. The molecule has 0 radical (unpaired) electrons. The molecule has 410 valence electrons. The molecule has 3 fully saturated rings. The van der Waals surface area contributed by atoms with Crippen molar-refractivity contribution in [3.8, 4) is 45.4 Å². The van der Waals surface area contributed by atoms with Gasteiger partial charge >= 0.3 is 12.2 Å². The van der Waals surface area contributed by atoms with Crippen molar-refractivity contribution in [1.82, 2.24) is 60.9 Å². The molecule has 3 saturated heterocycles. The Bertz CT molecular complexity index is 3530. The number of H-pyrrole nitrogens is 1. The summed E-state index contributed by atoms with van der Waals surface area (Å²) in [5, 5.41) is 39.9. The average Bonchev–Trinajstić information content (AvgIpc) is 4.35. The summed E-state index contributed by atoms with van der Waals surface area (Å²) >= 11 is 6.67. The van der Waals surface area contributed by atoms with E-state index in [1.807, 2.05) is 49.1 Å². The number of amides is 2. The monoisotopic (exact) mass is 1100 g/mol. The molecule has 0 spiro atoms. The highest BCUT2D eigenvalue weighted by Crippen LogP contribution is 2.52. The van der Waals surface area contributed by atoms with E-state index in [2.05, 4.69) is 46.3 Å². The van der Waals surface area contributed by atoms with Crippen LogP contribution in [0.2, 0.25) is 5.02 Å². The Morgan fingerprint density at radius 2 is 1.75 bits per heavy atom. The second kappa shape index (κ2) is 22.1. The van der Waals surface area contributed by atoms with Gasteiger partial charge in [0, 0.05) is 84.1 Å². The summed E-state index contributed by atoms with van der Waals surface area (Å²) in [5.74, 6) is -2.07. The van der Waals surface area contributed by atoms with Crippen molar-refractivity contribution in [3.63, 3.8) is 0 Å². The fourth-order valence-corrected chi connectivity index (χ4v) is 11.2. The molecule has 79 heavy (non-hydrogen) atoms. The first-order valence-corrected chi connectivity index (χ1v) is 26.2. The molecule has 4 N–H and O–H groups in total. The lowest BCUT2D eigenvalue weighted by molar-refractivity contribution is -0.142. The van der Waals surface area contributed by atoms with Gasteiger partial charge in [-0.25, -0.2) is 9.07 Å². The topological polar surface area (TPSA) is 224 Å². The Kier molecular flexibility index (Phi) is 14.9. The Labute approximate surface area is 454 Å². The molecule has 3 aliphatic rings. The van der Waals surface area contributed by atoms with Gasteiger partial charge in [-0.3, -0.25) is 14.7 Å². The number of benzene rings is 4. The van der Waals surface area contributed by atoms with E-state index < -0.39 is 46.3 Å². The zero-order chi connectivity index (χ0) is 55.1. The van der Waals surface area contributed by atoms with Crippen LogP contribution in [-0.4, -0.2) is 132 Å². The predicted molar refractivity (Wildman–Crippen MR) is 283 cm³/mol. The lowest BCUT2D eigenvalue weighted by Gasteiger charge is -2.30. The van der Waals surface area contributed by atoms with Gasteiger partial charge in [-0.05, 0) is 54.5 Å². The minimum Gasteiger partial charge on any atom is -0.486 e. The van der Waals surface area contributed by atoms with E-state index in [-0.39, 0.29) is 101 Å². The zero-order valence-corrected chi connectivity index (χ0v) is 43.8. The number of nitrogens with one attached hydrogen (secondary N) is 3. The normalized spacial score (nSPS) is 18.0. The van der Waals surface area contributed by atoms with Crippen molar-refractivity contribution in [2.45, 2.75) is 76.1 Å². The highest BCUT2D eigenvalue weighted by Gasteiger charge is 2.43. The largest absolute Gasteiger partial charge is 0.486 e. The van der Waals surface area contributed by atoms with Gasteiger partial charge < -0.3 is 39.8 Å². The van der Waals surface area contributed by atoms with E-state index in [1.165, 1.54) is 18.0 Å². The zero-order valence-electron chi connectivity index (χ0n) is 43.0. The molecule has 5 atom stereocenters. The summed E-state index contributed by atoms with van der Waals surface area (Å²) in [7, 11) is 1.50. The number of aromatic nitrogens is 9. The molecule has 4 aromatic heterocycles. The number of alkyl halides is 3. The number of hydrogen-bond donors (Lipinski definition) is 4. The summed E-state index contributed by atoms with van der Waals surface area (Å²) < 4.78 is 82.2. The van der Waals surface area contributed by atoms with Crippen LogP contribution >= 0.6 is 11.6 Å². The minimum atomic E-state index is -5.02. The third-order valence-electron chi connectivity index (χ3n) is 14.8. The Hall–Kier alpha value is -7.86. The third-order valence-corrected chi connectivity index (χ3v) is 15.1. The van der Waals surface area contributed by atoms with E-state index in [4.69, 9.17) is 30.8 Å². The molecule has 11 rings (SSSR count). The van der Waals surface area contributed by atoms with Gasteiger partial charge in [-0.2, -0.15) is 38.4 Å². The number of carbonyl (C=O) groups excluding carboxylic acids is 2. The standard InChI is InChI=1S/C55H54ClF4N13O6/c1-29(2)49(53(76)71-17-5-7-44(71)52(75)64-43(27-74)33-14-12-31(13-15-33)40-6-4-16-62-67-40)73-26-42(69-70-73)32-10-8-30(9-11-32)28-79-50-46(45-37-24-63-68-41(37)22-39(57)47(45)56)38(55(58,59)60)21-36-48(50)65-54(78-19-18-77-3)66-51(36)72-25-34-20-35(72)23-61-34/h4,6,8-16,21-22,24,26,29,34-35,43-44,49,61,74H,5,7,17-20,23,25,27-28H2,1-3H3,(H,63,68)(H,64,75). The SMILES string of the molecule is COCCOc1nc(N2CC3CC2CN3)c2cc(C(F)(F)F)c(-c3c(Cl)c(F)cc4[nH]ncc34)c(OCc3ccc(-c4cn(C(C(=O)N5CCCC5C(=O)NC(CO)c5ccc(-c6cccnn6)cc5)C(C)C)nn4)cc3)c2n1. The number of hydrogen-bond acceptors (Lipinski definition) is 15. The molecule has 2 bridgehead atoms. The van der Waals surface area contributed by atoms with Crippen LogP contribution in [0, 0.1) is 11.7 Å². The van der Waals surface area contributed by atoms with Gasteiger partial charge in [0.25, 0.3) is 0 Å². The number of methoxy groups -OCH3 is 1. The van der Waals surface area contributed by atoms with Crippen molar-refractivity contribution in [2.24, 2.45) is 5.92 Å². The highest BCUT2D eigenvalue weighted by atomic mass is 35.5. The lowest BCUT2D eigenvalue weighted by atomic mass is 9.93. The second-order valence-electron chi connectivity index (χ2n) is 20.1. The number of aliphatic hydroxyl groups excluding tert-OH is 1. The predicted octanol–water partition coefficient (Wildman–Crippen LogP) is 7.89. The Morgan fingerprint density at radius 1 is 0.962 bits per heavy atom. The number of likely N-dealkylation sites (tertiary alicyclic amines) is 1. The van der Waals surface area contributed by atoms with Crippen molar-refractivity contribution < 1.29 is 46.5 Å². The average molecular weight is 1100 g/mol. The number of fused-ring (bicyclic) bond motifs is 4. The first-order valence-electron chi connectivity index (χ1n) is 25.8. The number of rotatable bonds is 18. The first kappa shape index (κ1) is 53.2. The lowest BCUT2D eigenvalue weighted by Crippen LogP contribution is -2.50. The fourth-order valence-electron chi connectivity index (χ4n) is 10.9. The van der Waals surface area contributed by atoms with Crippen molar-refractivity contribution in [3.05, 3.63) is 119 Å². The number of halogens is 5. The van der Waals surface area contributed by atoms with Gasteiger partial charge in [0.05, 0.1) is 53.4 Å². The molecule has 5 unspecified atom stereocenters. The van der Waals surface area contributed by atoms with E-state index in [0.717, 1.165) is 24.1 Å². The summed E-state index contributed by atoms with van der Waals surface area (Å²) in [6, 6.07) is 17.4. The number of aromatic amines is 1. The van der Waals surface area contributed by atoms with Gasteiger partial charge in [0.15, 0.2) is 5.75 Å². The molecule has 2 amide bonds. The quantitative estimate of drug-likeness (QED) is 0.0474. The number of piperazine rings is 1. The van der Waals surface area contributed by atoms with E-state index in [9.17, 15) is 14.7 Å². The molecule has 3 aliphatic heterocycles. The number of nitrogens with zero attached hydrogens (tertiary/aromatic N) is 10. The van der Waals surface area contributed by atoms with Gasteiger partial charge in [0.2, 0.25) is 11.8 Å². The van der Waals surface area contributed by atoms with Crippen LogP contribution in [0.5, 0.6) is 11.8 Å². The van der Waals surface area contributed by atoms with Crippen LogP contribution in [0.3, 0.4) is 0 Å².